The Morgan fingerprint density at radius 3 is 2.58 bits per heavy atom. The fraction of sp³-hybridized carbons (Fsp3) is 0.360. The van der Waals surface area contributed by atoms with Crippen LogP contribution in [-0.2, 0) is 9.59 Å². The van der Waals surface area contributed by atoms with Crippen LogP contribution in [0.15, 0.2) is 48.7 Å². The lowest BCUT2D eigenvalue weighted by atomic mass is 9.92. The predicted molar refractivity (Wildman–Crippen MR) is 119 cm³/mol. The van der Waals surface area contributed by atoms with E-state index in [-0.39, 0.29) is 36.2 Å². The smallest absolute Gasteiger partial charge is 0.223 e. The third-order valence-electron chi connectivity index (χ3n) is 5.76. The molecule has 0 bridgehead atoms. The van der Waals surface area contributed by atoms with Crippen molar-refractivity contribution in [2.24, 2.45) is 5.92 Å². The molecule has 6 heteroatoms. The van der Waals surface area contributed by atoms with Crippen LogP contribution in [0.25, 0.3) is 6.08 Å². The Hall–Kier alpha value is -3.28. The lowest BCUT2D eigenvalue weighted by Crippen LogP contribution is -2.37. The summed E-state index contributed by atoms with van der Waals surface area (Å²) in [4.78, 5) is 27.0. The Morgan fingerprint density at radius 2 is 1.84 bits per heavy atom. The molecule has 2 atom stereocenters. The van der Waals surface area contributed by atoms with Crippen molar-refractivity contribution in [3.63, 3.8) is 0 Å². The van der Waals surface area contributed by atoms with Crippen LogP contribution in [0.2, 0.25) is 0 Å². The van der Waals surface area contributed by atoms with Crippen LogP contribution in [0, 0.1) is 5.92 Å². The second kappa shape index (κ2) is 8.84. The van der Waals surface area contributed by atoms with Crippen LogP contribution in [0.4, 0.5) is 0 Å². The summed E-state index contributed by atoms with van der Waals surface area (Å²) in [7, 11) is 0. The van der Waals surface area contributed by atoms with Gasteiger partial charge in [0.2, 0.25) is 11.8 Å². The highest BCUT2D eigenvalue weighted by atomic mass is 16.6. The van der Waals surface area contributed by atoms with Crippen molar-refractivity contribution in [1.82, 2.24) is 10.2 Å². The van der Waals surface area contributed by atoms with Gasteiger partial charge in [0.1, 0.15) is 13.2 Å². The average molecular weight is 421 g/mol. The van der Waals surface area contributed by atoms with E-state index in [1.165, 1.54) is 6.92 Å². The maximum absolute atomic E-state index is 13.1. The summed E-state index contributed by atoms with van der Waals surface area (Å²) in [6, 6.07) is 13.2. The summed E-state index contributed by atoms with van der Waals surface area (Å²) in [5.41, 5.74) is 2.99. The molecule has 2 unspecified atom stereocenters. The van der Waals surface area contributed by atoms with Crippen molar-refractivity contribution in [3.05, 3.63) is 65.4 Å². The SMILES string of the molecule is CC(=O)N1C=Cc2ccccc2C1CC(=O)NC(c1ccc2c(c1)OCCO2)C(C)C. The Kier molecular flexibility index (Phi) is 5.98. The highest BCUT2D eigenvalue weighted by molar-refractivity contribution is 5.82. The molecule has 2 aromatic rings. The molecule has 31 heavy (non-hydrogen) atoms. The zero-order valence-corrected chi connectivity index (χ0v) is 18.1. The maximum Gasteiger partial charge on any atom is 0.223 e. The molecule has 2 heterocycles. The first-order chi connectivity index (χ1) is 14.9. The van der Waals surface area contributed by atoms with Gasteiger partial charge in [0.25, 0.3) is 0 Å². The van der Waals surface area contributed by atoms with Crippen molar-refractivity contribution in [1.29, 1.82) is 0 Å². The van der Waals surface area contributed by atoms with Gasteiger partial charge in [-0.15, -0.1) is 0 Å². The van der Waals surface area contributed by atoms with Crippen molar-refractivity contribution in [3.8, 4) is 11.5 Å². The van der Waals surface area contributed by atoms with Gasteiger partial charge in [-0.25, -0.2) is 0 Å². The maximum atomic E-state index is 13.1. The van der Waals surface area contributed by atoms with Gasteiger partial charge in [-0.2, -0.15) is 0 Å². The number of ether oxygens (including phenoxy) is 2. The third kappa shape index (κ3) is 4.43. The first-order valence-electron chi connectivity index (χ1n) is 10.7. The van der Waals surface area contributed by atoms with E-state index in [1.54, 1.807) is 11.1 Å². The van der Waals surface area contributed by atoms with Crippen LogP contribution < -0.4 is 14.8 Å². The van der Waals surface area contributed by atoms with Gasteiger partial charge in [-0.1, -0.05) is 44.2 Å². The third-order valence-corrected chi connectivity index (χ3v) is 5.76. The van der Waals surface area contributed by atoms with Gasteiger partial charge in [-0.05, 0) is 40.8 Å². The van der Waals surface area contributed by atoms with E-state index in [2.05, 4.69) is 19.2 Å². The summed E-state index contributed by atoms with van der Waals surface area (Å²) < 4.78 is 11.3. The van der Waals surface area contributed by atoms with Gasteiger partial charge >= 0.3 is 0 Å². The van der Waals surface area contributed by atoms with Crippen molar-refractivity contribution in [2.45, 2.75) is 39.3 Å². The van der Waals surface area contributed by atoms with Crippen LogP contribution >= 0.6 is 0 Å². The standard InChI is InChI=1S/C25H28N2O4/c1-16(2)25(19-8-9-22-23(14-19)31-13-12-30-22)26-24(29)15-21-20-7-5-4-6-18(20)10-11-27(21)17(3)28/h4-11,14,16,21,25H,12-13,15H2,1-3H3,(H,26,29). The number of carbonyl (C=O) groups is 2. The van der Waals surface area contributed by atoms with Gasteiger partial charge in [0.05, 0.1) is 18.5 Å². The first kappa shape index (κ1) is 21.0. The largest absolute Gasteiger partial charge is 0.486 e. The van der Waals surface area contributed by atoms with Crippen LogP contribution in [-0.4, -0.2) is 29.9 Å². The molecule has 0 aliphatic carbocycles. The Bertz CT molecular complexity index is 1010. The molecule has 162 valence electrons. The topological polar surface area (TPSA) is 67.9 Å². The molecule has 2 aliphatic rings. The van der Waals surface area contributed by atoms with Gasteiger partial charge < -0.3 is 19.7 Å². The monoisotopic (exact) mass is 420 g/mol. The number of benzene rings is 2. The molecule has 4 rings (SSSR count). The number of nitrogens with zero attached hydrogens (tertiary/aromatic N) is 1. The van der Waals surface area contributed by atoms with E-state index in [9.17, 15) is 9.59 Å². The number of hydrogen-bond acceptors (Lipinski definition) is 4. The molecule has 0 radical (unpaired) electrons. The summed E-state index contributed by atoms with van der Waals surface area (Å²) in [5, 5.41) is 3.18. The van der Waals surface area contributed by atoms with Crippen molar-refractivity contribution in [2.75, 3.05) is 13.2 Å². The minimum atomic E-state index is -0.327. The summed E-state index contributed by atoms with van der Waals surface area (Å²) >= 11 is 0. The zero-order valence-electron chi connectivity index (χ0n) is 18.1. The number of carbonyl (C=O) groups excluding carboxylic acids is 2. The zero-order chi connectivity index (χ0) is 22.0. The second-order valence-corrected chi connectivity index (χ2v) is 8.28. The molecule has 2 aromatic carbocycles. The van der Waals surface area contributed by atoms with Crippen LogP contribution in [0.5, 0.6) is 11.5 Å². The fourth-order valence-corrected chi connectivity index (χ4v) is 4.21. The molecule has 1 N–H and O–H groups in total. The van der Waals surface area contributed by atoms with E-state index in [0.29, 0.717) is 19.0 Å². The first-order valence-corrected chi connectivity index (χ1v) is 10.7. The highest BCUT2D eigenvalue weighted by Gasteiger charge is 2.29. The normalized spacial score (nSPS) is 17.8. The van der Waals surface area contributed by atoms with Gasteiger partial charge in [0.15, 0.2) is 11.5 Å². The Morgan fingerprint density at radius 1 is 1.10 bits per heavy atom. The minimum Gasteiger partial charge on any atom is -0.486 e. The molecule has 0 fully saturated rings. The van der Waals surface area contributed by atoms with Crippen molar-refractivity contribution >= 4 is 17.9 Å². The molecule has 0 saturated heterocycles. The quantitative estimate of drug-likeness (QED) is 0.786. The molecular weight excluding hydrogens is 392 g/mol. The van der Waals surface area contributed by atoms with E-state index in [0.717, 1.165) is 22.4 Å². The number of rotatable bonds is 5. The molecule has 0 aromatic heterocycles. The molecular formula is C25H28N2O4. The van der Waals surface area contributed by atoms with E-state index in [4.69, 9.17) is 9.47 Å². The highest BCUT2D eigenvalue weighted by Crippen LogP contribution is 2.36. The van der Waals surface area contributed by atoms with Gasteiger partial charge in [-0.3, -0.25) is 9.59 Å². The number of hydrogen-bond donors (Lipinski definition) is 1. The Balaban J connectivity index is 1.54. The summed E-state index contributed by atoms with van der Waals surface area (Å²) in [6.45, 7) is 6.73. The van der Waals surface area contributed by atoms with E-state index < -0.39 is 0 Å². The van der Waals surface area contributed by atoms with E-state index in [1.807, 2.05) is 48.5 Å². The molecule has 2 aliphatic heterocycles. The summed E-state index contributed by atoms with van der Waals surface area (Å²) in [6.07, 6.45) is 3.87. The number of fused-ring (bicyclic) bond motifs is 2. The molecule has 6 nitrogen and oxygen atoms in total. The summed E-state index contributed by atoms with van der Waals surface area (Å²) in [5.74, 6) is 1.42. The molecule has 0 saturated carbocycles. The van der Waals surface area contributed by atoms with Gasteiger partial charge in [0, 0.05) is 13.1 Å². The number of nitrogens with one attached hydrogen (secondary N) is 1. The van der Waals surface area contributed by atoms with E-state index >= 15 is 0 Å². The average Bonchev–Trinajstić information content (AvgIpc) is 2.77. The van der Waals surface area contributed by atoms with Crippen molar-refractivity contribution < 1.29 is 19.1 Å². The lowest BCUT2D eigenvalue weighted by molar-refractivity contribution is -0.130. The van der Waals surface area contributed by atoms with Crippen LogP contribution in [0.3, 0.4) is 0 Å². The minimum absolute atomic E-state index is 0.0872. The fourth-order valence-electron chi connectivity index (χ4n) is 4.21. The molecule has 0 spiro atoms. The Labute approximate surface area is 182 Å². The lowest BCUT2D eigenvalue weighted by Gasteiger charge is -2.33. The van der Waals surface area contributed by atoms with Crippen LogP contribution in [0.1, 0.15) is 56.0 Å². The second-order valence-electron chi connectivity index (χ2n) is 8.28. The molecule has 2 amide bonds. The number of amides is 2. The predicted octanol–water partition coefficient (Wildman–Crippen LogP) is 4.24.